The number of likely N-dealkylation sites (tertiary alicyclic amines) is 1. The van der Waals surface area contributed by atoms with Gasteiger partial charge in [0.15, 0.2) is 0 Å². The van der Waals surface area contributed by atoms with Gasteiger partial charge in [0.25, 0.3) is 5.91 Å². The Morgan fingerprint density at radius 3 is 2.62 bits per heavy atom. The average molecular weight is 328 g/mol. The topological polar surface area (TPSA) is 78.1 Å². The minimum Gasteiger partial charge on any atom is -0.353 e. The van der Waals surface area contributed by atoms with Gasteiger partial charge in [0.2, 0.25) is 5.91 Å². The van der Waals surface area contributed by atoms with Crippen molar-refractivity contribution in [2.45, 2.75) is 39.7 Å². The molecule has 1 saturated heterocycles. The van der Waals surface area contributed by atoms with Crippen LogP contribution in [0.1, 0.15) is 44.0 Å². The second kappa shape index (κ2) is 6.26. The van der Waals surface area contributed by atoms with Crippen molar-refractivity contribution in [2.75, 3.05) is 13.1 Å². The zero-order valence-electron chi connectivity index (χ0n) is 14.4. The molecule has 1 aromatic heterocycles. The van der Waals surface area contributed by atoms with Crippen LogP contribution in [0.25, 0.3) is 11.0 Å². The largest absolute Gasteiger partial charge is 0.353 e. The van der Waals surface area contributed by atoms with Gasteiger partial charge in [-0.2, -0.15) is 0 Å². The maximum atomic E-state index is 12.7. The maximum Gasteiger partial charge on any atom is 0.253 e. The van der Waals surface area contributed by atoms with E-state index in [4.69, 9.17) is 0 Å². The van der Waals surface area contributed by atoms with E-state index in [0.29, 0.717) is 18.7 Å². The van der Waals surface area contributed by atoms with E-state index < -0.39 is 0 Å². The number of nitrogens with one attached hydrogen (secondary N) is 2. The highest BCUT2D eigenvalue weighted by Gasteiger charge is 2.28. The Kier molecular flexibility index (Phi) is 4.30. The Morgan fingerprint density at radius 1 is 1.25 bits per heavy atom. The molecule has 2 amide bonds. The van der Waals surface area contributed by atoms with Crippen molar-refractivity contribution < 1.29 is 9.59 Å². The molecule has 0 aliphatic carbocycles. The molecule has 0 spiro atoms. The van der Waals surface area contributed by atoms with Crippen LogP contribution < -0.4 is 5.32 Å². The molecule has 0 unspecified atom stereocenters. The minimum atomic E-state index is -0.382. The average Bonchev–Trinajstić information content (AvgIpc) is 3.01. The molecule has 128 valence electrons. The van der Waals surface area contributed by atoms with Crippen LogP contribution in [0.4, 0.5) is 0 Å². The lowest BCUT2D eigenvalue weighted by Gasteiger charge is -2.33. The van der Waals surface area contributed by atoms with Gasteiger partial charge in [-0.15, -0.1) is 0 Å². The third-order valence-electron chi connectivity index (χ3n) is 4.47. The highest BCUT2D eigenvalue weighted by atomic mass is 16.2. The second-order valence-electron chi connectivity index (χ2n) is 7.42. The molecule has 6 nitrogen and oxygen atoms in total. The Morgan fingerprint density at radius 2 is 1.96 bits per heavy atom. The number of nitrogens with zero attached hydrogens (tertiary/aromatic N) is 2. The van der Waals surface area contributed by atoms with Crippen molar-refractivity contribution in [3.8, 4) is 0 Å². The molecule has 1 aromatic carbocycles. The van der Waals surface area contributed by atoms with Crippen LogP contribution >= 0.6 is 0 Å². The highest BCUT2D eigenvalue weighted by Crippen LogP contribution is 2.19. The third kappa shape index (κ3) is 3.42. The van der Waals surface area contributed by atoms with E-state index >= 15 is 0 Å². The van der Waals surface area contributed by atoms with E-state index in [9.17, 15) is 9.59 Å². The number of amides is 2. The first-order valence-electron chi connectivity index (χ1n) is 8.38. The molecule has 24 heavy (non-hydrogen) atoms. The van der Waals surface area contributed by atoms with Crippen LogP contribution in [0.15, 0.2) is 24.5 Å². The van der Waals surface area contributed by atoms with Crippen LogP contribution in [0.3, 0.4) is 0 Å². The van der Waals surface area contributed by atoms with Gasteiger partial charge in [0.1, 0.15) is 0 Å². The van der Waals surface area contributed by atoms with Crippen molar-refractivity contribution in [1.82, 2.24) is 20.2 Å². The third-order valence-corrected chi connectivity index (χ3v) is 4.47. The van der Waals surface area contributed by atoms with Crippen LogP contribution in [-0.2, 0) is 4.79 Å². The number of benzene rings is 1. The standard InChI is InChI=1S/C18H24N4O2/c1-18(2,3)17(24)21-13-6-8-22(9-7-13)16(23)12-4-5-14-15(10-12)20-11-19-14/h4-5,10-11,13H,6-9H2,1-3H3,(H,19,20)(H,21,24). The predicted molar refractivity (Wildman–Crippen MR) is 92.6 cm³/mol. The first-order chi connectivity index (χ1) is 11.3. The molecule has 1 aliphatic rings. The normalized spacial score (nSPS) is 16.4. The number of carbonyl (C=O) groups excluding carboxylic acids is 2. The van der Waals surface area contributed by atoms with Gasteiger partial charge in [0, 0.05) is 30.1 Å². The van der Waals surface area contributed by atoms with Gasteiger partial charge >= 0.3 is 0 Å². The molecule has 0 bridgehead atoms. The predicted octanol–water partition coefficient (Wildman–Crippen LogP) is 2.33. The number of piperidine rings is 1. The number of aromatic amines is 1. The molecule has 3 rings (SSSR count). The molecular weight excluding hydrogens is 304 g/mol. The van der Waals surface area contributed by atoms with Gasteiger partial charge in [-0.3, -0.25) is 9.59 Å². The summed E-state index contributed by atoms with van der Waals surface area (Å²) in [5.41, 5.74) is 2.01. The summed E-state index contributed by atoms with van der Waals surface area (Å²) in [6.45, 7) is 7.05. The number of rotatable bonds is 2. The van der Waals surface area contributed by atoms with Crippen LogP contribution in [0.5, 0.6) is 0 Å². The Hall–Kier alpha value is -2.37. The van der Waals surface area contributed by atoms with E-state index in [1.807, 2.05) is 43.9 Å². The molecule has 2 N–H and O–H groups in total. The summed E-state index contributed by atoms with van der Waals surface area (Å²) < 4.78 is 0. The van der Waals surface area contributed by atoms with Crippen molar-refractivity contribution in [3.63, 3.8) is 0 Å². The summed E-state index contributed by atoms with van der Waals surface area (Å²) in [5.74, 6) is 0.101. The fourth-order valence-corrected chi connectivity index (χ4v) is 2.88. The smallest absolute Gasteiger partial charge is 0.253 e. The highest BCUT2D eigenvalue weighted by molar-refractivity contribution is 5.97. The van der Waals surface area contributed by atoms with Gasteiger partial charge in [-0.05, 0) is 31.0 Å². The van der Waals surface area contributed by atoms with Crippen molar-refractivity contribution in [2.24, 2.45) is 5.41 Å². The summed E-state index contributed by atoms with van der Waals surface area (Å²) >= 11 is 0. The minimum absolute atomic E-state index is 0.0343. The van der Waals surface area contributed by atoms with Crippen LogP contribution in [-0.4, -0.2) is 45.8 Å². The Balaban J connectivity index is 1.60. The van der Waals surface area contributed by atoms with Gasteiger partial charge < -0.3 is 15.2 Å². The first kappa shape index (κ1) is 16.5. The van der Waals surface area contributed by atoms with Crippen molar-refractivity contribution in [1.29, 1.82) is 0 Å². The Labute approximate surface area is 141 Å². The van der Waals surface area contributed by atoms with Crippen molar-refractivity contribution in [3.05, 3.63) is 30.1 Å². The van der Waals surface area contributed by atoms with Gasteiger partial charge in [-0.25, -0.2) is 4.98 Å². The number of hydrogen-bond acceptors (Lipinski definition) is 3. The molecule has 6 heteroatoms. The van der Waals surface area contributed by atoms with E-state index in [1.165, 1.54) is 0 Å². The summed E-state index contributed by atoms with van der Waals surface area (Å²) in [7, 11) is 0. The lowest BCUT2D eigenvalue weighted by Crippen LogP contribution is -2.49. The van der Waals surface area contributed by atoms with E-state index in [2.05, 4.69) is 15.3 Å². The van der Waals surface area contributed by atoms with E-state index in [-0.39, 0.29) is 23.3 Å². The summed E-state index contributed by atoms with van der Waals surface area (Å²) in [6, 6.07) is 5.67. The summed E-state index contributed by atoms with van der Waals surface area (Å²) in [4.78, 5) is 33.8. The molecule has 1 aliphatic heterocycles. The SMILES string of the molecule is CC(C)(C)C(=O)NC1CCN(C(=O)c2ccc3nc[nH]c3c2)CC1. The quantitative estimate of drug-likeness (QED) is 0.888. The number of hydrogen-bond donors (Lipinski definition) is 2. The molecular formula is C18H24N4O2. The van der Waals surface area contributed by atoms with Crippen LogP contribution in [0.2, 0.25) is 0 Å². The molecule has 2 heterocycles. The number of fused-ring (bicyclic) bond motifs is 1. The number of aromatic nitrogens is 2. The molecule has 2 aromatic rings. The lowest BCUT2D eigenvalue weighted by molar-refractivity contribution is -0.129. The zero-order chi connectivity index (χ0) is 17.3. The zero-order valence-corrected chi connectivity index (χ0v) is 14.4. The van der Waals surface area contributed by atoms with E-state index in [0.717, 1.165) is 23.9 Å². The molecule has 0 atom stereocenters. The fraction of sp³-hybridized carbons (Fsp3) is 0.500. The van der Waals surface area contributed by atoms with Gasteiger partial charge in [-0.1, -0.05) is 20.8 Å². The fourth-order valence-electron chi connectivity index (χ4n) is 2.88. The molecule has 0 saturated carbocycles. The number of carbonyl (C=O) groups is 2. The molecule has 0 radical (unpaired) electrons. The van der Waals surface area contributed by atoms with Gasteiger partial charge in [0.05, 0.1) is 17.4 Å². The van der Waals surface area contributed by atoms with E-state index in [1.54, 1.807) is 6.33 Å². The Bertz CT molecular complexity index is 752. The summed E-state index contributed by atoms with van der Waals surface area (Å²) in [6.07, 6.45) is 3.21. The first-order valence-corrected chi connectivity index (χ1v) is 8.38. The molecule has 1 fully saturated rings. The summed E-state index contributed by atoms with van der Waals surface area (Å²) in [5, 5.41) is 3.09. The number of imidazole rings is 1. The monoisotopic (exact) mass is 328 g/mol. The second-order valence-corrected chi connectivity index (χ2v) is 7.42. The maximum absolute atomic E-state index is 12.7. The lowest BCUT2D eigenvalue weighted by atomic mass is 9.94. The van der Waals surface area contributed by atoms with Crippen molar-refractivity contribution >= 4 is 22.8 Å². The van der Waals surface area contributed by atoms with Crippen LogP contribution in [0, 0.1) is 5.41 Å². The number of H-pyrrole nitrogens is 1.